The van der Waals surface area contributed by atoms with Crippen LogP contribution in [0.25, 0.3) is 0 Å². The minimum atomic E-state index is -0.725. The Morgan fingerprint density at radius 2 is 1.81 bits per heavy atom. The molecule has 1 aromatic rings. The predicted octanol–water partition coefficient (Wildman–Crippen LogP) is 3.31. The Morgan fingerprint density at radius 1 is 1.19 bits per heavy atom. The van der Waals surface area contributed by atoms with Gasteiger partial charge in [-0.1, -0.05) is 26.0 Å². The lowest BCUT2D eigenvalue weighted by Gasteiger charge is -2.15. The fraction of sp³-hybridized carbons (Fsp3) is 0.588. The first-order chi connectivity index (χ1) is 9.88. The summed E-state index contributed by atoms with van der Waals surface area (Å²) in [6, 6.07) is 7.89. The van der Waals surface area contributed by atoms with Crippen LogP contribution in [0.3, 0.4) is 0 Å². The van der Waals surface area contributed by atoms with Crippen molar-refractivity contribution in [3.05, 3.63) is 29.8 Å². The summed E-state index contributed by atoms with van der Waals surface area (Å²) in [5.41, 5.74) is 1.12. The van der Waals surface area contributed by atoms with Crippen molar-refractivity contribution in [3.63, 3.8) is 0 Å². The number of nitrogens with one attached hydrogen (secondary N) is 1. The van der Waals surface area contributed by atoms with E-state index in [2.05, 4.69) is 5.32 Å². The van der Waals surface area contributed by atoms with Gasteiger partial charge < -0.3 is 15.2 Å². The van der Waals surface area contributed by atoms with Gasteiger partial charge >= 0.3 is 5.97 Å². The van der Waals surface area contributed by atoms with Gasteiger partial charge in [0.05, 0.1) is 12.0 Å². The molecule has 0 aliphatic heterocycles. The molecule has 0 aromatic heterocycles. The largest absolute Gasteiger partial charge is 0.491 e. The molecule has 0 aliphatic rings. The molecule has 4 heteroatoms. The van der Waals surface area contributed by atoms with Crippen LogP contribution in [0.1, 0.15) is 39.7 Å². The van der Waals surface area contributed by atoms with E-state index in [1.165, 1.54) is 0 Å². The molecule has 21 heavy (non-hydrogen) atoms. The van der Waals surface area contributed by atoms with Gasteiger partial charge in [-0.3, -0.25) is 4.79 Å². The predicted molar refractivity (Wildman–Crippen MR) is 84.5 cm³/mol. The number of carbonyl (C=O) groups is 1. The third kappa shape index (κ3) is 7.14. The van der Waals surface area contributed by atoms with Crippen molar-refractivity contribution in [1.82, 2.24) is 5.32 Å². The first kappa shape index (κ1) is 17.5. The Bertz CT molecular complexity index is 426. The third-order valence-electron chi connectivity index (χ3n) is 3.12. The standard InChI is InChI=1S/C17H27NO3/c1-12(2)9-15(17(19)20)11-18-10-14-5-7-16(8-6-14)21-13(3)4/h5-8,12-13,15,18H,9-11H2,1-4H3,(H,19,20). The van der Waals surface area contributed by atoms with Crippen LogP contribution in [0.15, 0.2) is 24.3 Å². The van der Waals surface area contributed by atoms with Gasteiger partial charge in [0.2, 0.25) is 0 Å². The van der Waals surface area contributed by atoms with Gasteiger partial charge in [0.1, 0.15) is 5.75 Å². The average Bonchev–Trinajstić information content (AvgIpc) is 2.38. The number of ether oxygens (including phenoxy) is 1. The second kappa shape index (κ2) is 8.67. The van der Waals surface area contributed by atoms with Crippen molar-refractivity contribution >= 4 is 5.97 Å². The number of aliphatic carboxylic acids is 1. The van der Waals surface area contributed by atoms with Gasteiger partial charge in [-0.25, -0.2) is 0 Å². The molecule has 1 unspecified atom stereocenters. The zero-order valence-electron chi connectivity index (χ0n) is 13.4. The van der Waals surface area contributed by atoms with Crippen molar-refractivity contribution in [2.24, 2.45) is 11.8 Å². The van der Waals surface area contributed by atoms with E-state index in [-0.39, 0.29) is 12.0 Å². The van der Waals surface area contributed by atoms with E-state index in [1.54, 1.807) is 0 Å². The monoisotopic (exact) mass is 293 g/mol. The molecular weight excluding hydrogens is 266 g/mol. The summed E-state index contributed by atoms with van der Waals surface area (Å²) in [5.74, 6) is 0.197. The Kier molecular flexibility index (Phi) is 7.23. The lowest BCUT2D eigenvalue weighted by atomic mass is 9.97. The number of hydrogen-bond acceptors (Lipinski definition) is 3. The Balaban J connectivity index is 2.42. The summed E-state index contributed by atoms with van der Waals surface area (Å²) < 4.78 is 5.59. The van der Waals surface area contributed by atoms with E-state index < -0.39 is 5.97 Å². The number of benzene rings is 1. The number of carboxylic acids is 1. The maximum atomic E-state index is 11.2. The van der Waals surface area contributed by atoms with Crippen LogP contribution in [0, 0.1) is 11.8 Å². The van der Waals surface area contributed by atoms with Crippen molar-refractivity contribution < 1.29 is 14.6 Å². The molecule has 4 nitrogen and oxygen atoms in total. The van der Waals surface area contributed by atoms with Gasteiger partial charge in [-0.05, 0) is 43.9 Å². The number of hydrogen-bond donors (Lipinski definition) is 2. The van der Waals surface area contributed by atoms with Crippen molar-refractivity contribution in [3.8, 4) is 5.75 Å². The molecular formula is C17H27NO3. The highest BCUT2D eigenvalue weighted by molar-refractivity contribution is 5.70. The first-order valence-corrected chi connectivity index (χ1v) is 7.57. The molecule has 0 saturated carbocycles. The molecule has 1 aromatic carbocycles. The molecule has 1 atom stereocenters. The van der Waals surface area contributed by atoms with E-state index in [0.29, 0.717) is 25.4 Å². The molecule has 0 amide bonds. The lowest BCUT2D eigenvalue weighted by Crippen LogP contribution is -2.29. The molecule has 0 spiro atoms. The summed E-state index contributed by atoms with van der Waals surface area (Å²) >= 11 is 0. The van der Waals surface area contributed by atoms with Crippen LogP contribution in [-0.4, -0.2) is 23.7 Å². The summed E-state index contributed by atoms with van der Waals surface area (Å²) in [6.07, 6.45) is 0.866. The average molecular weight is 293 g/mol. The van der Waals surface area contributed by atoms with Crippen LogP contribution < -0.4 is 10.1 Å². The third-order valence-corrected chi connectivity index (χ3v) is 3.12. The smallest absolute Gasteiger partial charge is 0.307 e. The van der Waals surface area contributed by atoms with Crippen molar-refractivity contribution in [2.45, 2.75) is 46.8 Å². The van der Waals surface area contributed by atoms with E-state index in [9.17, 15) is 9.90 Å². The molecule has 0 radical (unpaired) electrons. The Morgan fingerprint density at radius 3 is 2.29 bits per heavy atom. The summed E-state index contributed by atoms with van der Waals surface area (Å²) in [6.45, 7) is 9.25. The minimum absolute atomic E-state index is 0.168. The van der Waals surface area contributed by atoms with Gasteiger partial charge in [-0.15, -0.1) is 0 Å². The molecule has 118 valence electrons. The SMILES string of the molecule is CC(C)CC(CNCc1ccc(OC(C)C)cc1)C(=O)O. The van der Waals surface area contributed by atoms with E-state index in [4.69, 9.17) is 4.74 Å². The van der Waals surface area contributed by atoms with Gasteiger partial charge in [0.25, 0.3) is 0 Å². The van der Waals surface area contributed by atoms with Gasteiger partial charge in [-0.2, -0.15) is 0 Å². The van der Waals surface area contributed by atoms with Crippen LogP contribution >= 0.6 is 0 Å². The summed E-state index contributed by atoms with van der Waals surface area (Å²) in [7, 11) is 0. The molecule has 0 bridgehead atoms. The van der Waals surface area contributed by atoms with Crippen LogP contribution in [0.2, 0.25) is 0 Å². The second-order valence-electron chi connectivity index (χ2n) is 6.11. The van der Waals surface area contributed by atoms with E-state index in [0.717, 1.165) is 11.3 Å². The highest BCUT2D eigenvalue weighted by atomic mass is 16.5. The van der Waals surface area contributed by atoms with E-state index >= 15 is 0 Å². The summed E-state index contributed by atoms with van der Waals surface area (Å²) in [5, 5.41) is 12.4. The van der Waals surface area contributed by atoms with Gasteiger partial charge in [0.15, 0.2) is 0 Å². The minimum Gasteiger partial charge on any atom is -0.491 e. The lowest BCUT2D eigenvalue weighted by molar-refractivity contribution is -0.142. The normalized spacial score (nSPS) is 12.7. The zero-order valence-corrected chi connectivity index (χ0v) is 13.4. The molecule has 0 saturated heterocycles. The van der Waals surface area contributed by atoms with E-state index in [1.807, 2.05) is 52.0 Å². The molecule has 0 heterocycles. The molecule has 0 aliphatic carbocycles. The van der Waals surface area contributed by atoms with Crippen molar-refractivity contribution in [1.29, 1.82) is 0 Å². The summed E-state index contributed by atoms with van der Waals surface area (Å²) in [4.78, 5) is 11.2. The fourth-order valence-electron chi connectivity index (χ4n) is 2.19. The van der Waals surface area contributed by atoms with Crippen LogP contribution in [0.5, 0.6) is 5.75 Å². The molecule has 2 N–H and O–H groups in total. The van der Waals surface area contributed by atoms with Crippen LogP contribution in [0.4, 0.5) is 0 Å². The highest BCUT2D eigenvalue weighted by Crippen LogP contribution is 2.14. The van der Waals surface area contributed by atoms with Crippen molar-refractivity contribution in [2.75, 3.05) is 6.54 Å². The molecule has 0 fully saturated rings. The highest BCUT2D eigenvalue weighted by Gasteiger charge is 2.18. The first-order valence-electron chi connectivity index (χ1n) is 7.57. The number of carboxylic acid groups (broad SMARTS) is 1. The Hall–Kier alpha value is -1.55. The van der Waals surface area contributed by atoms with Crippen LogP contribution in [-0.2, 0) is 11.3 Å². The zero-order chi connectivity index (χ0) is 15.8. The van der Waals surface area contributed by atoms with Gasteiger partial charge in [0, 0.05) is 13.1 Å². The maximum absolute atomic E-state index is 11.2. The maximum Gasteiger partial charge on any atom is 0.307 e. The quantitative estimate of drug-likeness (QED) is 0.733. The molecule has 1 rings (SSSR count). The second-order valence-corrected chi connectivity index (χ2v) is 6.11. The fourth-order valence-corrected chi connectivity index (χ4v) is 2.19. The Labute approximate surface area is 127 Å². The number of rotatable bonds is 9. The topological polar surface area (TPSA) is 58.6 Å².